The molecule has 1 heterocycles. The van der Waals surface area contributed by atoms with Gasteiger partial charge in [0.15, 0.2) is 0 Å². The predicted molar refractivity (Wildman–Crippen MR) is 80.9 cm³/mol. The molecule has 1 aromatic carbocycles. The molecule has 0 saturated carbocycles. The number of carbonyl (C=O) groups excluding carboxylic acids is 2. The highest BCUT2D eigenvalue weighted by atomic mass is 35.5. The van der Waals surface area contributed by atoms with E-state index in [4.69, 9.17) is 23.2 Å². The van der Waals surface area contributed by atoms with E-state index in [1.54, 1.807) is 4.90 Å². The van der Waals surface area contributed by atoms with Gasteiger partial charge in [-0.15, -0.1) is 0 Å². The second-order valence-electron chi connectivity index (χ2n) is 4.85. The van der Waals surface area contributed by atoms with Crippen LogP contribution in [0.15, 0.2) is 12.1 Å². The van der Waals surface area contributed by atoms with Crippen molar-refractivity contribution < 1.29 is 14.7 Å². The van der Waals surface area contributed by atoms with E-state index in [9.17, 15) is 14.7 Å². The summed E-state index contributed by atoms with van der Waals surface area (Å²) in [4.78, 5) is 25.5. The topological polar surface area (TPSA) is 69.6 Å². The van der Waals surface area contributed by atoms with Crippen LogP contribution in [0.1, 0.15) is 29.6 Å². The number of nitrogens with one attached hydrogen (secondary N) is 1. The van der Waals surface area contributed by atoms with Crippen LogP contribution in [0.25, 0.3) is 0 Å². The number of hydrogen-bond donors (Lipinski definition) is 2. The van der Waals surface area contributed by atoms with E-state index in [1.165, 1.54) is 12.1 Å². The zero-order valence-electron chi connectivity index (χ0n) is 11.4. The van der Waals surface area contributed by atoms with Crippen molar-refractivity contribution in [3.63, 3.8) is 0 Å². The van der Waals surface area contributed by atoms with Crippen LogP contribution < -0.4 is 5.32 Å². The predicted octanol–water partition coefficient (Wildman–Crippen LogP) is 2.44. The Hall–Kier alpha value is -1.46. The fraction of sp³-hybridized carbons (Fsp3) is 0.429. The largest absolute Gasteiger partial charge is 0.505 e. The zero-order valence-corrected chi connectivity index (χ0v) is 12.9. The number of likely N-dealkylation sites (tertiary alicyclic amines) is 1. The van der Waals surface area contributed by atoms with Gasteiger partial charge in [0.05, 0.1) is 10.6 Å². The van der Waals surface area contributed by atoms with Gasteiger partial charge in [0.2, 0.25) is 5.91 Å². The van der Waals surface area contributed by atoms with E-state index in [2.05, 4.69) is 5.32 Å². The smallest absolute Gasteiger partial charge is 0.255 e. The number of amides is 2. The Morgan fingerprint density at radius 1 is 1.24 bits per heavy atom. The van der Waals surface area contributed by atoms with Gasteiger partial charge in [-0.1, -0.05) is 23.2 Å². The summed E-state index contributed by atoms with van der Waals surface area (Å²) >= 11 is 11.5. The number of aromatic hydroxyl groups is 1. The number of phenols is 1. The lowest BCUT2D eigenvalue weighted by Crippen LogP contribution is -2.32. The molecule has 5 nitrogen and oxygen atoms in total. The molecule has 0 spiro atoms. The third-order valence-corrected chi connectivity index (χ3v) is 4.19. The van der Waals surface area contributed by atoms with Crippen LogP contribution in [0.2, 0.25) is 10.0 Å². The summed E-state index contributed by atoms with van der Waals surface area (Å²) in [6, 6.07) is 2.83. The lowest BCUT2D eigenvalue weighted by Gasteiger charge is -2.15. The van der Waals surface area contributed by atoms with Crippen molar-refractivity contribution in [3.05, 3.63) is 27.7 Å². The highest BCUT2D eigenvalue weighted by molar-refractivity contribution is 6.43. The fourth-order valence-electron chi connectivity index (χ4n) is 2.23. The Kier molecular flexibility index (Phi) is 5.31. The molecule has 21 heavy (non-hydrogen) atoms. The van der Waals surface area contributed by atoms with E-state index >= 15 is 0 Å². The van der Waals surface area contributed by atoms with Gasteiger partial charge in [-0.25, -0.2) is 0 Å². The second-order valence-corrected chi connectivity index (χ2v) is 5.64. The molecule has 1 aromatic rings. The van der Waals surface area contributed by atoms with Gasteiger partial charge in [-0.05, 0) is 25.0 Å². The lowest BCUT2D eigenvalue weighted by molar-refractivity contribution is -0.129. The van der Waals surface area contributed by atoms with Gasteiger partial charge >= 0.3 is 0 Å². The van der Waals surface area contributed by atoms with Crippen molar-refractivity contribution in [2.24, 2.45) is 0 Å². The first-order valence-electron chi connectivity index (χ1n) is 6.73. The molecule has 1 fully saturated rings. The van der Waals surface area contributed by atoms with Crippen molar-refractivity contribution in [2.75, 3.05) is 19.6 Å². The van der Waals surface area contributed by atoms with Gasteiger partial charge in [-0.3, -0.25) is 9.59 Å². The van der Waals surface area contributed by atoms with Crippen LogP contribution in [0, 0.1) is 0 Å². The zero-order chi connectivity index (χ0) is 15.4. The van der Waals surface area contributed by atoms with Crippen LogP contribution in [-0.4, -0.2) is 41.5 Å². The molecule has 0 unspecified atom stereocenters. The average Bonchev–Trinajstić information content (AvgIpc) is 2.99. The van der Waals surface area contributed by atoms with Gasteiger partial charge in [0.1, 0.15) is 10.8 Å². The monoisotopic (exact) mass is 330 g/mol. The maximum absolute atomic E-state index is 11.9. The van der Waals surface area contributed by atoms with E-state index in [1.807, 2.05) is 0 Å². The molecular formula is C14H16Cl2N2O3. The minimum atomic E-state index is -0.486. The van der Waals surface area contributed by atoms with Crippen molar-refractivity contribution in [1.82, 2.24) is 10.2 Å². The van der Waals surface area contributed by atoms with E-state index < -0.39 is 5.91 Å². The quantitative estimate of drug-likeness (QED) is 0.890. The van der Waals surface area contributed by atoms with E-state index in [-0.39, 0.29) is 40.2 Å². The summed E-state index contributed by atoms with van der Waals surface area (Å²) in [6.07, 6.45) is 2.32. The number of benzene rings is 1. The summed E-state index contributed by atoms with van der Waals surface area (Å²) in [6.45, 7) is 1.80. The SMILES string of the molecule is O=C(NCCC(=O)N1CCCC1)c1ccc(Cl)c(Cl)c1O. The third kappa shape index (κ3) is 3.80. The summed E-state index contributed by atoms with van der Waals surface area (Å²) in [5.74, 6) is -0.806. The first-order valence-corrected chi connectivity index (χ1v) is 7.49. The maximum Gasteiger partial charge on any atom is 0.255 e. The Balaban J connectivity index is 1.87. The second kappa shape index (κ2) is 7.00. The minimum Gasteiger partial charge on any atom is -0.505 e. The number of nitrogens with zero attached hydrogens (tertiary/aromatic N) is 1. The fourth-order valence-corrected chi connectivity index (χ4v) is 2.54. The van der Waals surface area contributed by atoms with Gasteiger partial charge in [0.25, 0.3) is 5.91 Å². The maximum atomic E-state index is 11.9. The summed E-state index contributed by atoms with van der Waals surface area (Å²) < 4.78 is 0. The molecule has 1 aliphatic heterocycles. The van der Waals surface area contributed by atoms with Crippen LogP contribution in [0.5, 0.6) is 5.75 Å². The highest BCUT2D eigenvalue weighted by Gasteiger charge is 2.19. The summed E-state index contributed by atoms with van der Waals surface area (Å²) in [5, 5.41) is 12.5. The van der Waals surface area contributed by atoms with Gasteiger partial charge in [0, 0.05) is 26.1 Å². The number of halogens is 2. The molecule has 0 aromatic heterocycles. The van der Waals surface area contributed by atoms with Crippen LogP contribution in [0.4, 0.5) is 0 Å². The average molecular weight is 331 g/mol. The molecular weight excluding hydrogens is 315 g/mol. The Morgan fingerprint density at radius 2 is 1.90 bits per heavy atom. The summed E-state index contributed by atoms with van der Waals surface area (Å²) in [7, 11) is 0. The lowest BCUT2D eigenvalue weighted by atomic mass is 10.2. The van der Waals surface area contributed by atoms with Crippen molar-refractivity contribution in [1.29, 1.82) is 0 Å². The molecule has 0 bridgehead atoms. The number of hydrogen-bond acceptors (Lipinski definition) is 3. The van der Waals surface area contributed by atoms with Crippen LogP contribution >= 0.6 is 23.2 Å². The molecule has 2 N–H and O–H groups in total. The molecule has 0 aliphatic carbocycles. The number of carbonyl (C=O) groups is 2. The first kappa shape index (κ1) is 15.9. The molecule has 7 heteroatoms. The highest BCUT2D eigenvalue weighted by Crippen LogP contribution is 2.33. The van der Waals surface area contributed by atoms with E-state index in [0.717, 1.165) is 25.9 Å². The number of phenolic OH excluding ortho intramolecular Hbond substituents is 1. The molecule has 1 saturated heterocycles. The van der Waals surface area contributed by atoms with Gasteiger partial charge < -0.3 is 15.3 Å². The van der Waals surface area contributed by atoms with E-state index in [0.29, 0.717) is 0 Å². The Labute approximate surface area is 132 Å². The summed E-state index contributed by atoms with van der Waals surface area (Å²) in [5.41, 5.74) is 0.0398. The van der Waals surface area contributed by atoms with Crippen LogP contribution in [-0.2, 0) is 4.79 Å². The standard InChI is InChI=1S/C14H16Cl2N2O3/c15-10-4-3-9(13(20)12(10)16)14(21)17-6-5-11(19)18-7-1-2-8-18/h3-4,20H,1-2,5-8H2,(H,17,21). The molecule has 0 atom stereocenters. The van der Waals surface area contributed by atoms with Crippen molar-refractivity contribution in [3.8, 4) is 5.75 Å². The Bertz CT molecular complexity index is 557. The normalized spacial score (nSPS) is 14.3. The minimum absolute atomic E-state index is 0.0335. The first-order chi connectivity index (χ1) is 10.0. The molecule has 1 aliphatic rings. The Morgan fingerprint density at radius 3 is 2.57 bits per heavy atom. The molecule has 0 radical (unpaired) electrons. The van der Waals surface area contributed by atoms with Gasteiger partial charge in [-0.2, -0.15) is 0 Å². The molecule has 2 amide bonds. The van der Waals surface area contributed by atoms with Crippen LogP contribution in [0.3, 0.4) is 0 Å². The van der Waals surface area contributed by atoms with Crippen molar-refractivity contribution >= 4 is 35.0 Å². The number of rotatable bonds is 4. The third-order valence-electron chi connectivity index (χ3n) is 3.40. The van der Waals surface area contributed by atoms with Crippen molar-refractivity contribution in [2.45, 2.75) is 19.3 Å². The molecule has 114 valence electrons. The molecule has 2 rings (SSSR count).